The maximum absolute atomic E-state index is 5.50. The second-order valence-electron chi connectivity index (χ2n) is 3.45. The van der Waals surface area contributed by atoms with Gasteiger partial charge in [0.1, 0.15) is 0 Å². The van der Waals surface area contributed by atoms with Crippen LogP contribution in [0.25, 0.3) is 0 Å². The quantitative estimate of drug-likeness (QED) is 0.630. The molecule has 0 aromatic carbocycles. The highest BCUT2D eigenvalue weighted by Gasteiger charge is 2.04. The normalized spacial score (nSPS) is 10.8. The number of halogens is 1. The molecule has 0 radical (unpaired) electrons. The largest absolute Gasteiger partial charge is 0.476 e. The predicted octanol–water partition coefficient (Wildman–Crippen LogP) is 2.62. The Morgan fingerprint density at radius 1 is 1.62 bits per heavy atom. The first-order valence-corrected chi connectivity index (χ1v) is 5.89. The Kier molecular flexibility index (Phi) is 4.02. The van der Waals surface area contributed by atoms with Crippen LogP contribution in [0.1, 0.15) is 19.5 Å². The van der Waals surface area contributed by atoms with Crippen molar-refractivity contribution in [2.24, 2.45) is 5.92 Å². The fourth-order valence-electron chi connectivity index (χ4n) is 0.923. The van der Waals surface area contributed by atoms with Gasteiger partial charge in [0.05, 0.1) is 11.2 Å². The highest BCUT2D eigenvalue weighted by atomic mass is 127. The maximum atomic E-state index is 5.50. The molecule has 0 fully saturated rings. The molecule has 74 valence electrons. The lowest BCUT2D eigenvalue weighted by molar-refractivity contribution is 0.259. The van der Waals surface area contributed by atoms with Gasteiger partial charge in [-0.3, -0.25) is 4.68 Å². The van der Waals surface area contributed by atoms with Gasteiger partial charge in [0.2, 0.25) is 5.88 Å². The van der Waals surface area contributed by atoms with E-state index in [2.05, 4.69) is 41.5 Å². The number of nitrogens with zero attached hydrogens (tertiary/aromatic N) is 2. The minimum Gasteiger partial charge on any atom is -0.476 e. The molecule has 3 nitrogen and oxygen atoms in total. The Hall–Kier alpha value is -0.260. The van der Waals surface area contributed by atoms with Crippen LogP contribution in [0.15, 0.2) is 6.07 Å². The molecule has 0 saturated heterocycles. The van der Waals surface area contributed by atoms with E-state index in [1.807, 2.05) is 17.7 Å². The Morgan fingerprint density at radius 2 is 2.31 bits per heavy atom. The van der Waals surface area contributed by atoms with Crippen LogP contribution in [0, 0.1) is 12.8 Å². The SMILES string of the molecule is Cc1cc(OCC(C)C)nn1CI. The van der Waals surface area contributed by atoms with Gasteiger partial charge in [-0.15, -0.1) is 5.10 Å². The lowest BCUT2D eigenvalue weighted by Crippen LogP contribution is -2.05. The van der Waals surface area contributed by atoms with Gasteiger partial charge >= 0.3 is 0 Å². The lowest BCUT2D eigenvalue weighted by atomic mass is 10.2. The van der Waals surface area contributed by atoms with Gasteiger partial charge in [-0.25, -0.2) is 0 Å². The fourth-order valence-corrected chi connectivity index (χ4v) is 1.61. The molecule has 0 aliphatic heterocycles. The van der Waals surface area contributed by atoms with Gasteiger partial charge in [0.15, 0.2) is 0 Å². The Labute approximate surface area is 92.6 Å². The molecule has 4 heteroatoms. The molecule has 1 heterocycles. The summed E-state index contributed by atoms with van der Waals surface area (Å²) in [6.45, 7) is 7.02. The van der Waals surface area contributed by atoms with Crippen molar-refractivity contribution in [3.8, 4) is 5.88 Å². The van der Waals surface area contributed by atoms with Crippen LogP contribution in [-0.2, 0) is 4.55 Å². The zero-order valence-electron chi connectivity index (χ0n) is 8.25. The molecule has 0 aliphatic rings. The topological polar surface area (TPSA) is 27.1 Å². The summed E-state index contributed by atoms with van der Waals surface area (Å²) in [7, 11) is 0. The molecule has 1 aromatic rings. The molecule has 0 atom stereocenters. The van der Waals surface area contributed by atoms with Gasteiger partial charge in [0.25, 0.3) is 0 Å². The average molecular weight is 294 g/mol. The Bertz CT molecular complexity index is 271. The van der Waals surface area contributed by atoms with E-state index in [0.29, 0.717) is 5.92 Å². The van der Waals surface area contributed by atoms with E-state index >= 15 is 0 Å². The number of aromatic nitrogens is 2. The number of hydrogen-bond donors (Lipinski definition) is 0. The second kappa shape index (κ2) is 4.83. The average Bonchev–Trinajstić information content (AvgIpc) is 2.43. The van der Waals surface area contributed by atoms with Crippen molar-refractivity contribution in [1.29, 1.82) is 0 Å². The second-order valence-corrected chi connectivity index (χ2v) is 4.13. The summed E-state index contributed by atoms with van der Waals surface area (Å²) < 4.78 is 8.29. The molecule has 0 N–H and O–H groups in total. The van der Waals surface area contributed by atoms with Crippen molar-refractivity contribution in [1.82, 2.24) is 9.78 Å². The minimum absolute atomic E-state index is 0.546. The molecular formula is C9H15IN2O. The molecule has 1 rings (SSSR count). The van der Waals surface area contributed by atoms with Crippen molar-refractivity contribution >= 4 is 22.6 Å². The van der Waals surface area contributed by atoms with Gasteiger partial charge in [-0.05, 0) is 12.8 Å². The van der Waals surface area contributed by atoms with Gasteiger partial charge in [-0.1, -0.05) is 36.4 Å². The number of alkyl halides is 1. The smallest absolute Gasteiger partial charge is 0.233 e. The third-order valence-electron chi connectivity index (χ3n) is 1.64. The lowest BCUT2D eigenvalue weighted by Gasteiger charge is -2.04. The van der Waals surface area contributed by atoms with Crippen LogP contribution in [0.2, 0.25) is 0 Å². The zero-order chi connectivity index (χ0) is 9.84. The van der Waals surface area contributed by atoms with Crippen molar-refractivity contribution < 1.29 is 4.74 Å². The van der Waals surface area contributed by atoms with Crippen molar-refractivity contribution in [2.45, 2.75) is 25.3 Å². The van der Waals surface area contributed by atoms with E-state index in [9.17, 15) is 0 Å². The van der Waals surface area contributed by atoms with Crippen LogP contribution in [0.4, 0.5) is 0 Å². The first-order valence-electron chi connectivity index (χ1n) is 4.36. The third kappa shape index (κ3) is 3.17. The third-order valence-corrected chi connectivity index (χ3v) is 2.28. The molecule has 0 saturated carbocycles. The fraction of sp³-hybridized carbons (Fsp3) is 0.667. The highest BCUT2D eigenvalue weighted by molar-refractivity contribution is 14.1. The maximum Gasteiger partial charge on any atom is 0.233 e. The first kappa shape index (κ1) is 10.8. The van der Waals surface area contributed by atoms with E-state index in [-0.39, 0.29) is 0 Å². The highest BCUT2D eigenvalue weighted by Crippen LogP contribution is 2.12. The van der Waals surface area contributed by atoms with Crippen LogP contribution in [-0.4, -0.2) is 16.4 Å². The van der Waals surface area contributed by atoms with Crippen molar-refractivity contribution in [2.75, 3.05) is 6.61 Å². The standard InChI is InChI=1S/C9H15IN2O/c1-7(2)5-13-9-4-8(3)12(6-10)11-9/h4,7H,5-6H2,1-3H3. The van der Waals surface area contributed by atoms with Crippen LogP contribution >= 0.6 is 22.6 Å². The monoisotopic (exact) mass is 294 g/mol. The molecule has 0 spiro atoms. The van der Waals surface area contributed by atoms with Crippen LogP contribution in [0.5, 0.6) is 5.88 Å². The molecule has 0 aliphatic carbocycles. The van der Waals surface area contributed by atoms with Crippen LogP contribution < -0.4 is 4.74 Å². The summed E-state index contributed by atoms with van der Waals surface area (Å²) >= 11 is 2.28. The summed E-state index contributed by atoms with van der Waals surface area (Å²) in [5.74, 6) is 1.29. The number of ether oxygens (including phenoxy) is 1. The predicted molar refractivity (Wildman–Crippen MR) is 61.3 cm³/mol. The van der Waals surface area contributed by atoms with E-state index in [4.69, 9.17) is 4.74 Å². The number of rotatable bonds is 4. The summed E-state index contributed by atoms with van der Waals surface area (Å²) in [6, 6.07) is 1.97. The number of aryl methyl sites for hydroxylation is 1. The van der Waals surface area contributed by atoms with E-state index in [1.54, 1.807) is 0 Å². The molecule has 13 heavy (non-hydrogen) atoms. The summed E-state index contributed by atoms with van der Waals surface area (Å²) in [4.78, 5) is 0. The molecule has 0 bridgehead atoms. The minimum atomic E-state index is 0.546. The number of hydrogen-bond acceptors (Lipinski definition) is 2. The van der Waals surface area contributed by atoms with Gasteiger partial charge in [-0.2, -0.15) is 0 Å². The molecular weight excluding hydrogens is 279 g/mol. The first-order chi connectivity index (χ1) is 6.13. The summed E-state index contributed by atoms with van der Waals surface area (Å²) in [5.41, 5.74) is 1.15. The summed E-state index contributed by atoms with van der Waals surface area (Å²) in [6.07, 6.45) is 0. The Balaban J connectivity index is 2.57. The summed E-state index contributed by atoms with van der Waals surface area (Å²) in [5, 5.41) is 4.29. The van der Waals surface area contributed by atoms with Gasteiger partial charge in [0, 0.05) is 11.8 Å². The molecule has 0 amide bonds. The Morgan fingerprint density at radius 3 is 2.77 bits per heavy atom. The van der Waals surface area contributed by atoms with E-state index in [1.165, 1.54) is 0 Å². The van der Waals surface area contributed by atoms with Crippen LogP contribution in [0.3, 0.4) is 0 Å². The van der Waals surface area contributed by atoms with Gasteiger partial charge < -0.3 is 4.74 Å². The van der Waals surface area contributed by atoms with E-state index in [0.717, 1.165) is 22.7 Å². The van der Waals surface area contributed by atoms with E-state index < -0.39 is 0 Å². The zero-order valence-corrected chi connectivity index (χ0v) is 10.4. The van der Waals surface area contributed by atoms with Crippen molar-refractivity contribution in [3.05, 3.63) is 11.8 Å². The molecule has 1 aromatic heterocycles. The molecule has 0 unspecified atom stereocenters. The van der Waals surface area contributed by atoms with Crippen molar-refractivity contribution in [3.63, 3.8) is 0 Å².